The number of hydrogen-bond acceptors (Lipinski definition) is 2. The number of hydrazone groups is 1. The first-order chi connectivity index (χ1) is 11.2. The van der Waals surface area contributed by atoms with E-state index in [0.717, 1.165) is 32.7 Å². The predicted molar refractivity (Wildman–Crippen MR) is 91.1 cm³/mol. The molecule has 0 bridgehead atoms. The van der Waals surface area contributed by atoms with Crippen LogP contribution in [0.15, 0.2) is 53.6 Å². The van der Waals surface area contributed by atoms with Gasteiger partial charge in [0.25, 0.3) is 0 Å². The van der Waals surface area contributed by atoms with Gasteiger partial charge in [0.05, 0.1) is 32.4 Å². The lowest BCUT2D eigenvalue weighted by Crippen LogP contribution is -3.13. The Bertz CT molecular complexity index is 659. The fourth-order valence-corrected chi connectivity index (χ4v) is 2.82. The molecule has 0 aliphatic carbocycles. The zero-order valence-electron chi connectivity index (χ0n) is 13.5. The van der Waals surface area contributed by atoms with Crippen molar-refractivity contribution in [3.63, 3.8) is 0 Å². The maximum absolute atomic E-state index is 13.6. The Morgan fingerprint density at radius 3 is 2.48 bits per heavy atom. The summed E-state index contributed by atoms with van der Waals surface area (Å²) in [5.74, 6) is -0.222. The van der Waals surface area contributed by atoms with Crippen molar-refractivity contribution >= 4 is 6.21 Å². The zero-order valence-corrected chi connectivity index (χ0v) is 13.5. The number of piperazine rings is 1. The minimum Gasteiger partial charge on any atom is -0.328 e. The number of nitrogens with zero attached hydrogens (tertiary/aromatic N) is 2. The molecule has 1 N–H and O–H groups in total. The lowest BCUT2D eigenvalue weighted by molar-refractivity contribution is -0.918. The van der Waals surface area contributed by atoms with Gasteiger partial charge in [-0.05, 0) is 13.0 Å². The van der Waals surface area contributed by atoms with E-state index in [1.165, 1.54) is 17.2 Å². The van der Waals surface area contributed by atoms with Crippen LogP contribution in [-0.4, -0.2) is 37.4 Å². The first kappa shape index (κ1) is 15.7. The monoisotopic (exact) mass is 312 g/mol. The summed E-state index contributed by atoms with van der Waals surface area (Å²) in [6.45, 7) is 7.11. The third-order valence-corrected chi connectivity index (χ3v) is 4.29. The minimum atomic E-state index is -0.222. The standard InChI is InChI=1S/C19H22FN3/c1-16-6-8-17(9-7-16)15-22-10-12-23(13-11-22)21-14-18-4-2-3-5-19(18)20/h2-9,14H,10-13,15H2,1H3/p+1/b21-14+. The van der Waals surface area contributed by atoms with Gasteiger partial charge in [-0.3, -0.25) is 5.01 Å². The Balaban J connectivity index is 1.50. The first-order valence-corrected chi connectivity index (χ1v) is 8.13. The highest BCUT2D eigenvalue weighted by Gasteiger charge is 2.18. The molecule has 0 aromatic heterocycles. The van der Waals surface area contributed by atoms with Gasteiger partial charge >= 0.3 is 0 Å². The van der Waals surface area contributed by atoms with Crippen LogP contribution in [0.25, 0.3) is 0 Å². The summed E-state index contributed by atoms with van der Waals surface area (Å²) in [7, 11) is 0. The van der Waals surface area contributed by atoms with Crippen LogP contribution < -0.4 is 4.90 Å². The van der Waals surface area contributed by atoms with Crippen LogP contribution in [-0.2, 0) is 6.54 Å². The van der Waals surface area contributed by atoms with E-state index in [2.05, 4.69) is 36.3 Å². The SMILES string of the molecule is Cc1ccc(C[NH+]2CCN(/N=C/c3ccccc3F)CC2)cc1. The van der Waals surface area contributed by atoms with Crippen molar-refractivity contribution in [1.29, 1.82) is 0 Å². The Kier molecular flexibility index (Phi) is 5.03. The van der Waals surface area contributed by atoms with Crippen molar-refractivity contribution < 1.29 is 9.29 Å². The molecule has 1 aliphatic heterocycles. The molecule has 0 amide bonds. The molecule has 4 heteroatoms. The lowest BCUT2D eigenvalue weighted by Gasteiger charge is -2.30. The molecule has 2 aromatic rings. The van der Waals surface area contributed by atoms with Gasteiger partial charge < -0.3 is 4.90 Å². The van der Waals surface area contributed by atoms with E-state index in [9.17, 15) is 4.39 Å². The topological polar surface area (TPSA) is 20.0 Å². The molecule has 1 heterocycles. The van der Waals surface area contributed by atoms with Crippen LogP contribution in [0.4, 0.5) is 4.39 Å². The molecule has 1 fully saturated rings. The van der Waals surface area contributed by atoms with Gasteiger partial charge in [0.15, 0.2) is 0 Å². The largest absolute Gasteiger partial charge is 0.328 e. The van der Waals surface area contributed by atoms with Crippen LogP contribution in [0.2, 0.25) is 0 Å². The molecule has 3 rings (SSSR count). The van der Waals surface area contributed by atoms with Crippen LogP contribution in [0, 0.1) is 12.7 Å². The van der Waals surface area contributed by atoms with E-state index in [1.807, 2.05) is 11.1 Å². The fraction of sp³-hybridized carbons (Fsp3) is 0.316. The zero-order chi connectivity index (χ0) is 16.1. The van der Waals surface area contributed by atoms with Crippen molar-refractivity contribution in [2.75, 3.05) is 26.2 Å². The fourth-order valence-electron chi connectivity index (χ4n) is 2.82. The Morgan fingerprint density at radius 2 is 1.78 bits per heavy atom. The third-order valence-electron chi connectivity index (χ3n) is 4.29. The van der Waals surface area contributed by atoms with Crippen molar-refractivity contribution in [3.8, 4) is 0 Å². The summed E-state index contributed by atoms with van der Waals surface area (Å²) in [5.41, 5.74) is 3.23. The third kappa shape index (κ3) is 4.39. The normalized spacial score (nSPS) is 16.2. The number of aryl methyl sites for hydroxylation is 1. The van der Waals surface area contributed by atoms with Gasteiger partial charge in [-0.15, -0.1) is 0 Å². The molecule has 0 saturated carbocycles. The number of halogens is 1. The summed E-state index contributed by atoms with van der Waals surface area (Å²) in [4.78, 5) is 1.58. The van der Waals surface area contributed by atoms with E-state index in [1.54, 1.807) is 23.2 Å². The predicted octanol–water partition coefficient (Wildman–Crippen LogP) is 1.87. The first-order valence-electron chi connectivity index (χ1n) is 8.13. The molecule has 1 aliphatic rings. The van der Waals surface area contributed by atoms with Crippen LogP contribution in [0.1, 0.15) is 16.7 Å². The molecule has 0 spiro atoms. The van der Waals surface area contributed by atoms with Gasteiger partial charge in [0, 0.05) is 11.1 Å². The van der Waals surface area contributed by atoms with Crippen molar-refractivity contribution in [2.45, 2.75) is 13.5 Å². The van der Waals surface area contributed by atoms with Crippen molar-refractivity contribution in [2.24, 2.45) is 5.10 Å². The van der Waals surface area contributed by atoms with Gasteiger partial charge in [0.1, 0.15) is 12.4 Å². The molecular weight excluding hydrogens is 289 g/mol. The second-order valence-corrected chi connectivity index (χ2v) is 6.13. The molecule has 2 aromatic carbocycles. The quantitative estimate of drug-likeness (QED) is 0.855. The highest BCUT2D eigenvalue weighted by atomic mass is 19.1. The highest BCUT2D eigenvalue weighted by Crippen LogP contribution is 2.04. The Morgan fingerprint density at radius 1 is 1.09 bits per heavy atom. The van der Waals surface area contributed by atoms with E-state index in [0.29, 0.717) is 5.56 Å². The number of quaternary nitrogens is 1. The molecule has 23 heavy (non-hydrogen) atoms. The van der Waals surface area contributed by atoms with Gasteiger partial charge in [-0.1, -0.05) is 48.0 Å². The van der Waals surface area contributed by atoms with E-state index in [4.69, 9.17) is 0 Å². The van der Waals surface area contributed by atoms with E-state index >= 15 is 0 Å². The highest BCUT2D eigenvalue weighted by molar-refractivity contribution is 5.79. The molecule has 120 valence electrons. The van der Waals surface area contributed by atoms with Crippen molar-refractivity contribution in [3.05, 3.63) is 71.0 Å². The number of rotatable bonds is 4. The van der Waals surface area contributed by atoms with Gasteiger partial charge in [-0.2, -0.15) is 5.10 Å². The average molecular weight is 312 g/mol. The number of nitrogens with one attached hydrogen (secondary N) is 1. The second-order valence-electron chi connectivity index (χ2n) is 6.13. The number of benzene rings is 2. The minimum absolute atomic E-state index is 0.222. The molecule has 1 saturated heterocycles. The van der Waals surface area contributed by atoms with E-state index < -0.39 is 0 Å². The average Bonchev–Trinajstić information content (AvgIpc) is 2.58. The second kappa shape index (κ2) is 7.38. The molecule has 0 atom stereocenters. The van der Waals surface area contributed by atoms with Crippen LogP contribution >= 0.6 is 0 Å². The van der Waals surface area contributed by atoms with Crippen LogP contribution in [0.5, 0.6) is 0 Å². The molecule has 0 unspecified atom stereocenters. The van der Waals surface area contributed by atoms with Gasteiger partial charge in [0.2, 0.25) is 0 Å². The Labute approximate surface area is 137 Å². The van der Waals surface area contributed by atoms with Crippen molar-refractivity contribution in [1.82, 2.24) is 5.01 Å². The summed E-state index contributed by atoms with van der Waals surface area (Å²) in [6.07, 6.45) is 1.63. The molecule has 0 radical (unpaired) electrons. The summed E-state index contributed by atoms with van der Waals surface area (Å²) in [6, 6.07) is 15.5. The maximum Gasteiger partial charge on any atom is 0.132 e. The summed E-state index contributed by atoms with van der Waals surface area (Å²) < 4.78 is 13.6. The maximum atomic E-state index is 13.6. The lowest BCUT2D eigenvalue weighted by atomic mass is 10.1. The summed E-state index contributed by atoms with van der Waals surface area (Å²) in [5, 5.41) is 6.46. The summed E-state index contributed by atoms with van der Waals surface area (Å²) >= 11 is 0. The molecular formula is C19H23FN3+. The Hall–Kier alpha value is -2.20. The smallest absolute Gasteiger partial charge is 0.132 e. The van der Waals surface area contributed by atoms with Gasteiger partial charge in [-0.25, -0.2) is 4.39 Å². The molecule has 3 nitrogen and oxygen atoms in total. The van der Waals surface area contributed by atoms with Crippen LogP contribution in [0.3, 0.4) is 0 Å². The number of hydrogen-bond donors (Lipinski definition) is 1. The van der Waals surface area contributed by atoms with E-state index in [-0.39, 0.29) is 5.82 Å².